The van der Waals surface area contributed by atoms with Crippen LogP contribution in [-0.2, 0) is 4.79 Å². The molecule has 176 valence electrons. The van der Waals surface area contributed by atoms with Gasteiger partial charge in [-0.3, -0.25) is 13.6 Å². The van der Waals surface area contributed by atoms with Crippen molar-refractivity contribution in [2.45, 2.75) is 30.3 Å². The monoisotopic (exact) mass is 491 g/mol. The number of nitrogens with one attached hydrogen (secondary N) is 1. The Labute approximate surface area is 194 Å². The quantitative estimate of drug-likeness (QED) is 0.372. The average molecular weight is 492 g/mol. The van der Waals surface area contributed by atoms with Gasteiger partial charge in [-0.25, -0.2) is 4.39 Å². The lowest BCUT2D eigenvalue weighted by atomic mass is 9.55. The van der Waals surface area contributed by atoms with E-state index in [0.717, 1.165) is 0 Å². The molecule has 2 aromatic carbocycles. The van der Waals surface area contributed by atoms with Crippen LogP contribution in [0.25, 0.3) is 0 Å². The molecule has 2 aromatic rings. The summed E-state index contributed by atoms with van der Waals surface area (Å²) < 4.78 is 40.2. The first-order valence-electron chi connectivity index (χ1n) is 9.83. The zero-order valence-corrected chi connectivity index (χ0v) is 18.7. The zero-order chi connectivity index (χ0) is 23.9. The number of carbonyl (C=O) groups is 1. The minimum absolute atomic E-state index is 0.0659. The molecule has 1 saturated heterocycles. The fraction of sp³-hybridized carbons (Fsp3) is 0.409. The Balaban J connectivity index is 0.000000274. The van der Waals surface area contributed by atoms with Crippen molar-refractivity contribution in [3.8, 4) is 0 Å². The molecule has 2 unspecified atom stereocenters. The Morgan fingerprint density at radius 1 is 1.16 bits per heavy atom. The Kier molecular flexibility index (Phi) is 9.21. The third-order valence-corrected chi connectivity index (χ3v) is 6.45. The number of halogens is 5. The number of benzene rings is 2. The highest BCUT2D eigenvalue weighted by Crippen LogP contribution is 2.54. The van der Waals surface area contributed by atoms with E-state index in [1.54, 1.807) is 30.3 Å². The van der Waals surface area contributed by atoms with Gasteiger partial charge in [-0.15, -0.1) is 0 Å². The molecule has 1 aliphatic heterocycles. The van der Waals surface area contributed by atoms with Crippen LogP contribution in [0.5, 0.6) is 0 Å². The van der Waals surface area contributed by atoms with Crippen LogP contribution >= 0.6 is 23.2 Å². The first-order chi connectivity index (χ1) is 15.2. The van der Waals surface area contributed by atoms with Crippen molar-refractivity contribution < 1.29 is 23.1 Å². The van der Waals surface area contributed by atoms with Gasteiger partial charge in [0.15, 0.2) is 0 Å². The first-order valence-corrected chi connectivity index (χ1v) is 10.6. The molecule has 0 aromatic heterocycles. The van der Waals surface area contributed by atoms with Crippen LogP contribution in [0.3, 0.4) is 0 Å². The van der Waals surface area contributed by atoms with Crippen LogP contribution in [0, 0.1) is 11.2 Å². The highest BCUT2D eigenvalue weighted by Gasteiger charge is 2.61. The summed E-state index contributed by atoms with van der Waals surface area (Å²) in [5.74, 6) is -0.694. The van der Waals surface area contributed by atoms with Crippen molar-refractivity contribution >= 4 is 35.4 Å². The second-order valence-electron chi connectivity index (χ2n) is 8.09. The normalized spacial score (nSPS) is 22.1. The third-order valence-electron chi connectivity index (χ3n) is 5.92. The van der Waals surface area contributed by atoms with Gasteiger partial charge in [-0.05, 0) is 42.7 Å². The van der Waals surface area contributed by atoms with Gasteiger partial charge in [0.2, 0.25) is 0 Å². The molecule has 0 amide bonds. The van der Waals surface area contributed by atoms with E-state index in [1.807, 2.05) is 6.07 Å². The second kappa shape index (κ2) is 11.2. The van der Waals surface area contributed by atoms with E-state index in [0.29, 0.717) is 35.7 Å². The molecule has 1 spiro atoms. The summed E-state index contributed by atoms with van der Waals surface area (Å²) in [7, 11) is 0. The molecule has 32 heavy (non-hydrogen) atoms. The SMILES string of the molecule is NC1C(c2cccc(Cl)c2F)CNC12CC(CF)(CF)C2.Nc1cccc(Cl)c1.O=CO. The molecule has 10 heteroatoms. The maximum atomic E-state index is 14.1. The molecule has 0 bridgehead atoms. The van der Waals surface area contributed by atoms with E-state index >= 15 is 0 Å². The molecule has 4 rings (SSSR count). The maximum absolute atomic E-state index is 14.1. The topological polar surface area (TPSA) is 101 Å². The van der Waals surface area contributed by atoms with Crippen LogP contribution in [0.2, 0.25) is 10.0 Å². The Bertz CT molecular complexity index is 890. The molecule has 2 fully saturated rings. The summed E-state index contributed by atoms with van der Waals surface area (Å²) in [5, 5.41) is 10.9. The van der Waals surface area contributed by atoms with Crippen molar-refractivity contribution in [1.82, 2.24) is 5.32 Å². The number of rotatable bonds is 3. The van der Waals surface area contributed by atoms with E-state index in [4.69, 9.17) is 44.6 Å². The number of alkyl halides is 2. The minimum atomic E-state index is -0.910. The van der Waals surface area contributed by atoms with E-state index in [1.165, 1.54) is 6.07 Å². The van der Waals surface area contributed by atoms with Crippen LogP contribution < -0.4 is 16.8 Å². The van der Waals surface area contributed by atoms with E-state index in [2.05, 4.69) is 5.32 Å². The molecule has 2 atom stereocenters. The summed E-state index contributed by atoms with van der Waals surface area (Å²) in [4.78, 5) is 8.36. The Morgan fingerprint density at radius 3 is 2.25 bits per heavy atom. The van der Waals surface area contributed by atoms with Crippen LogP contribution in [0.4, 0.5) is 18.9 Å². The van der Waals surface area contributed by atoms with Crippen LogP contribution in [0.15, 0.2) is 42.5 Å². The maximum Gasteiger partial charge on any atom is 0.290 e. The van der Waals surface area contributed by atoms with E-state index < -0.39 is 30.1 Å². The molecular weight excluding hydrogens is 466 g/mol. The molecule has 1 heterocycles. The largest absolute Gasteiger partial charge is 0.483 e. The smallest absolute Gasteiger partial charge is 0.290 e. The van der Waals surface area contributed by atoms with Gasteiger partial charge >= 0.3 is 0 Å². The first kappa shape index (κ1) is 26.3. The van der Waals surface area contributed by atoms with Crippen LogP contribution in [-0.4, -0.2) is 43.1 Å². The zero-order valence-electron chi connectivity index (χ0n) is 17.2. The van der Waals surface area contributed by atoms with Crippen molar-refractivity contribution in [1.29, 1.82) is 0 Å². The lowest BCUT2D eigenvalue weighted by Gasteiger charge is -2.54. The van der Waals surface area contributed by atoms with Gasteiger partial charge in [0.25, 0.3) is 6.47 Å². The molecule has 6 N–H and O–H groups in total. The van der Waals surface area contributed by atoms with Crippen molar-refractivity contribution in [3.63, 3.8) is 0 Å². The summed E-state index contributed by atoms with van der Waals surface area (Å²) in [6.07, 6.45) is 0.708. The number of carboxylic acid groups (broad SMARTS) is 1. The highest BCUT2D eigenvalue weighted by molar-refractivity contribution is 6.31. The molecule has 0 radical (unpaired) electrons. The summed E-state index contributed by atoms with van der Waals surface area (Å²) >= 11 is 11.4. The van der Waals surface area contributed by atoms with Gasteiger partial charge in [0.1, 0.15) is 5.82 Å². The summed E-state index contributed by atoms with van der Waals surface area (Å²) in [6.45, 7) is -1.13. The molecular formula is C22H26Cl2F3N3O2. The molecule has 1 saturated carbocycles. The fourth-order valence-corrected chi connectivity index (χ4v) is 4.81. The number of nitrogens with two attached hydrogens (primary N) is 2. The second-order valence-corrected chi connectivity index (χ2v) is 8.94. The predicted octanol–water partition coefficient (Wildman–Crippen LogP) is 4.57. The van der Waals surface area contributed by atoms with Crippen molar-refractivity contribution in [2.24, 2.45) is 11.1 Å². The van der Waals surface area contributed by atoms with Gasteiger partial charge < -0.3 is 21.9 Å². The summed E-state index contributed by atoms with van der Waals surface area (Å²) in [6, 6.07) is 11.6. The number of hydrogen-bond acceptors (Lipinski definition) is 4. The van der Waals surface area contributed by atoms with Gasteiger partial charge in [-0.2, -0.15) is 0 Å². The van der Waals surface area contributed by atoms with Crippen LogP contribution in [0.1, 0.15) is 24.3 Å². The fourth-order valence-electron chi connectivity index (χ4n) is 4.43. The van der Waals surface area contributed by atoms with Crippen molar-refractivity contribution in [2.75, 3.05) is 25.6 Å². The molecule has 2 aliphatic rings. The van der Waals surface area contributed by atoms with Gasteiger partial charge in [-0.1, -0.05) is 41.4 Å². The Morgan fingerprint density at radius 2 is 1.75 bits per heavy atom. The highest BCUT2D eigenvalue weighted by atomic mass is 35.5. The summed E-state index contributed by atoms with van der Waals surface area (Å²) in [5.41, 5.74) is 11.4. The minimum Gasteiger partial charge on any atom is -0.483 e. The molecule has 5 nitrogen and oxygen atoms in total. The third kappa shape index (κ3) is 5.67. The Hall–Kier alpha value is -2.00. The molecule has 1 aliphatic carbocycles. The van der Waals surface area contributed by atoms with E-state index in [-0.39, 0.29) is 23.5 Å². The lowest BCUT2D eigenvalue weighted by molar-refractivity contribution is -0.122. The van der Waals surface area contributed by atoms with Gasteiger partial charge in [0.05, 0.1) is 18.4 Å². The standard InChI is InChI=1S/C15H18ClF3N2.C6H6ClN.CH2O2/c16-11-3-1-2-9(12(11)19)10-4-21-15(13(10)20)5-14(6-15,7-17)8-18;7-5-2-1-3-6(8)4-5;2-1-3/h1-3,10,13,21H,4-8,20H2;1-4H,8H2;1H,(H,2,3). The average Bonchev–Trinajstić information content (AvgIpc) is 3.06. The van der Waals surface area contributed by atoms with Crippen molar-refractivity contribution in [3.05, 3.63) is 63.9 Å². The van der Waals surface area contributed by atoms with Gasteiger partial charge in [0, 0.05) is 40.2 Å². The number of anilines is 1. The number of hydrogen-bond donors (Lipinski definition) is 4. The van der Waals surface area contributed by atoms with E-state index in [9.17, 15) is 13.2 Å². The number of nitrogen functional groups attached to an aromatic ring is 1. The predicted molar refractivity (Wildman–Crippen MR) is 121 cm³/mol. The lowest BCUT2D eigenvalue weighted by Crippen LogP contribution is -2.66.